The third-order valence-corrected chi connectivity index (χ3v) is 6.06. The highest BCUT2D eigenvalue weighted by Crippen LogP contribution is 2.44. The number of carbonyl (C=O) groups excluding carboxylic acids is 2. The van der Waals surface area contributed by atoms with Crippen LogP contribution in [0.15, 0.2) is 16.6 Å². The zero-order valence-corrected chi connectivity index (χ0v) is 19.5. The second-order valence-electron chi connectivity index (χ2n) is 6.41. The lowest BCUT2D eigenvalue weighted by atomic mass is 10.1. The quantitative estimate of drug-likeness (QED) is 0.495. The molecule has 1 aromatic heterocycles. The van der Waals surface area contributed by atoms with Crippen molar-refractivity contribution in [2.45, 2.75) is 33.8 Å². The predicted octanol–water partition coefficient (Wildman–Crippen LogP) is 3.88. The number of hydrogen-bond acceptors (Lipinski definition) is 7. The number of carbonyl (C=O) groups is 2. The van der Waals surface area contributed by atoms with Crippen molar-refractivity contribution in [1.29, 1.82) is 0 Å². The summed E-state index contributed by atoms with van der Waals surface area (Å²) in [7, 11) is 0. The molecule has 0 aliphatic carbocycles. The number of likely N-dealkylation sites (N-methyl/N-ethyl adjacent to an activating group) is 1. The molecule has 9 heteroatoms. The van der Waals surface area contributed by atoms with E-state index in [0.717, 1.165) is 13.1 Å². The first-order chi connectivity index (χ1) is 13.8. The van der Waals surface area contributed by atoms with Gasteiger partial charge in [0.2, 0.25) is 5.91 Å². The Morgan fingerprint density at radius 3 is 2.55 bits per heavy atom. The first-order valence-electron chi connectivity index (χ1n) is 9.55. The number of halogens is 1. The Labute approximate surface area is 183 Å². The molecule has 1 aromatic carbocycles. The van der Waals surface area contributed by atoms with Gasteiger partial charge in [0.15, 0.2) is 5.75 Å². The number of amides is 1. The number of esters is 1. The van der Waals surface area contributed by atoms with Gasteiger partial charge in [-0.3, -0.25) is 4.79 Å². The maximum Gasteiger partial charge on any atom is 0.341 e. The molecule has 0 saturated heterocycles. The molecule has 0 saturated carbocycles. The summed E-state index contributed by atoms with van der Waals surface area (Å²) in [5, 5.41) is 14.1. The van der Waals surface area contributed by atoms with Crippen LogP contribution in [0.25, 0.3) is 10.1 Å². The van der Waals surface area contributed by atoms with E-state index in [2.05, 4.69) is 26.1 Å². The van der Waals surface area contributed by atoms with Crippen LogP contribution in [0.3, 0.4) is 0 Å². The van der Waals surface area contributed by atoms with Crippen LogP contribution in [0.5, 0.6) is 5.75 Å². The van der Waals surface area contributed by atoms with Gasteiger partial charge in [0.1, 0.15) is 23.3 Å². The lowest BCUT2D eigenvalue weighted by Gasteiger charge is -2.22. The number of aliphatic hydroxyl groups excluding tert-OH is 1. The smallest absolute Gasteiger partial charge is 0.341 e. The fourth-order valence-electron chi connectivity index (χ4n) is 2.91. The van der Waals surface area contributed by atoms with Crippen molar-refractivity contribution in [3.05, 3.63) is 22.2 Å². The summed E-state index contributed by atoms with van der Waals surface area (Å²) < 4.78 is 12.5. The number of nitrogens with zero attached hydrogens (tertiary/aromatic N) is 1. The van der Waals surface area contributed by atoms with Gasteiger partial charge in [0, 0.05) is 18.9 Å². The van der Waals surface area contributed by atoms with Gasteiger partial charge >= 0.3 is 5.97 Å². The number of fused-ring (bicyclic) bond motifs is 1. The number of anilines is 1. The summed E-state index contributed by atoms with van der Waals surface area (Å²) in [5.41, 5.74) is 0.308. The monoisotopic (exact) mass is 486 g/mol. The van der Waals surface area contributed by atoms with Crippen molar-refractivity contribution in [2.24, 2.45) is 0 Å². The Morgan fingerprint density at radius 1 is 1.28 bits per heavy atom. The standard InChI is InChI=1S/C20H27BrN2O5S/c1-5-23(6-2)10-13(25)11-28-17-15(21)9-8-14-16(20(26)27-7-3)19(22-12(4)24)29-18(14)17/h8-9,13,25H,5-7,10-11H2,1-4H3,(H,22,24)/t13-/m1/s1. The van der Waals surface area contributed by atoms with E-state index in [0.29, 0.717) is 37.4 Å². The molecule has 0 unspecified atom stereocenters. The molecule has 29 heavy (non-hydrogen) atoms. The Kier molecular flexibility index (Phi) is 8.88. The molecule has 1 atom stereocenters. The SMILES string of the molecule is CCOC(=O)c1c(NC(C)=O)sc2c(OC[C@H](O)CN(CC)CC)c(Br)ccc12. The molecule has 2 rings (SSSR count). The van der Waals surface area contributed by atoms with E-state index >= 15 is 0 Å². The van der Waals surface area contributed by atoms with E-state index in [9.17, 15) is 14.7 Å². The largest absolute Gasteiger partial charge is 0.488 e. The minimum Gasteiger partial charge on any atom is -0.488 e. The number of hydrogen-bond donors (Lipinski definition) is 2. The number of benzene rings is 1. The van der Waals surface area contributed by atoms with Gasteiger partial charge in [-0.1, -0.05) is 19.9 Å². The summed E-state index contributed by atoms with van der Waals surface area (Å²) in [6.45, 7) is 9.74. The maximum absolute atomic E-state index is 12.5. The first kappa shape index (κ1) is 23.6. The Hall–Kier alpha value is -1.68. The number of thiophene rings is 1. The normalized spacial score (nSPS) is 12.2. The predicted molar refractivity (Wildman–Crippen MR) is 119 cm³/mol. The molecule has 2 N–H and O–H groups in total. The highest BCUT2D eigenvalue weighted by molar-refractivity contribution is 9.10. The topological polar surface area (TPSA) is 88.1 Å². The maximum atomic E-state index is 12.5. The highest BCUT2D eigenvalue weighted by Gasteiger charge is 2.24. The van der Waals surface area contributed by atoms with Crippen molar-refractivity contribution in [3.8, 4) is 5.75 Å². The van der Waals surface area contributed by atoms with Crippen LogP contribution in [-0.4, -0.2) is 60.8 Å². The highest BCUT2D eigenvalue weighted by atomic mass is 79.9. The molecule has 0 spiro atoms. The van der Waals surface area contributed by atoms with Gasteiger partial charge < -0.3 is 24.8 Å². The summed E-state index contributed by atoms with van der Waals surface area (Å²) in [4.78, 5) is 26.2. The van der Waals surface area contributed by atoms with Crippen molar-refractivity contribution >= 4 is 54.2 Å². The van der Waals surface area contributed by atoms with Crippen LogP contribution in [0.4, 0.5) is 5.00 Å². The molecule has 2 aromatic rings. The molecular formula is C20H27BrN2O5S. The average Bonchev–Trinajstić information content (AvgIpc) is 3.02. The van der Waals surface area contributed by atoms with Crippen LogP contribution in [0.1, 0.15) is 38.1 Å². The van der Waals surface area contributed by atoms with Crippen LogP contribution in [0, 0.1) is 0 Å². The number of aliphatic hydroxyl groups is 1. The van der Waals surface area contributed by atoms with E-state index in [1.165, 1.54) is 18.3 Å². The van der Waals surface area contributed by atoms with Crippen LogP contribution >= 0.6 is 27.3 Å². The van der Waals surface area contributed by atoms with Crippen LogP contribution < -0.4 is 10.1 Å². The summed E-state index contributed by atoms with van der Waals surface area (Å²) in [5.74, 6) is -0.260. The third-order valence-electron chi connectivity index (χ3n) is 4.32. The molecule has 0 aliphatic heterocycles. The minimum absolute atomic E-state index is 0.107. The zero-order chi connectivity index (χ0) is 21.6. The second kappa shape index (κ2) is 10.9. The van der Waals surface area contributed by atoms with Gasteiger partial charge in [0.05, 0.1) is 15.8 Å². The van der Waals surface area contributed by atoms with Crippen LogP contribution in [0.2, 0.25) is 0 Å². The molecular weight excluding hydrogens is 460 g/mol. The molecule has 0 bridgehead atoms. The number of nitrogens with one attached hydrogen (secondary N) is 1. The Balaban J connectivity index is 2.39. The molecule has 0 fully saturated rings. The minimum atomic E-state index is -0.656. The average molecular weight is 487 g/mol. The van der Waals surface area contributed by atoms with Crippen molar-refractivity contribution in [3.63, 3.8) is 0 Å². The van der Waals surface area contributed by atoms with E-state index in [-0.39, 0.29) is 19.1 Å². The molecule has 0 radical (unpaired) electrons. The fraction of sp³-hybridized carbons (Fsp3) is 0.500. The zero-order valence-electron chi connectivity index (χ0n) is 17.1. The van der Waals surface area contributed by atoms with E-state index < -0.39 is 12.1 Å². The number of rotatable bonds is 10. The second-order valence-corrected chi connectivity index (χ2v) is 8.29. The lowest BCUT2D eigenvalue weighted by Crippen LogP contribution is -2.35. The van der Waals surface area contributed by atoms with Gasteiger partial charge in [-0.05, 0) is 42.0 Å². The van der Waals surface area contributed by atoms with E-state index in [1.54, 1.807) is 19.1 Å². The number of ether oxygens (including phenoxy) is 2. The van der Waals surface area contributed by atoms with Crippen molar-refractivity contribution < 1.29 is 24.2 Å². The van der Waals surface area contributed by atoms with Crippen molar-refractivity contribution in [2.75, 3.05) is 38.2 Å². The van der Waals surface area contributed by atoms with E-state index in [1.807, 2.05) is 13.8 Å². The summed E-state index contributed by atoms with van der Waals surface area (Å²) >= 11 is 4.73. The molecule has 1 heterocycles. The Morgan fingerprint density at radius 2 is 1.97 bits per heavy atom. The first-order valence-corrected chi connectivity index (χ1v) is 11.2. The van der Waals surface area contributed by atoms with Gasteiger partial charge in [0.25, 0.3) is 0 Å². The third kappa shape index (κ3) is 5.91. The fourth-order valence-corrected chi connectivity index (χ4v) is 4.72. The summed E-state index contributed by atoms with van der Waals surface area (Å²) in [6.07, 6.45) is -0.656. The lowest BCUT2D eigenvalue weighted by molar-refractivity contribution is -0.114. The van der Waals surface area contributed by atoms with Gasteiger partial charge in [-0.25, -0.2) is 4.79 Å². The van der Waals surface area contributed by atoms with Crippen molar-refractivity contribution in [1.82, 2.24) is 4.90 Å². The van der Waals surface area contributed by atoms with E-state index in [4.69, 9.17) is 9.47 Å². The molecule has 1 amide bonds. The van der Waals surface area contributed by atoms with Gasteiger partial charge in [-0.15, -0.1) is 11.3 Å². The summed E-state index contributed by atoms with van der Waals surface area (Å²) in [6, 6.07) is 3.56. The molecule has 0 aliphatic rings. The van der Waals surface area contributed by atoms with Gasteiger partial charge in [-0.2, -0.15) is 0 Å². The molecule has 160 valence electrons. The Bertz CT molecular complexity index is 866. The van der Waals surface area contributed by atoms with Crippen LogP contribution in [-0.2, 0) is 9.53 Å². The molecule has 7 nitrogen and oxygen atoms in total.